The van der Waals surface area contributed by atoms with Gasteiger partial charge in [0, 0.05) is 4.88 Å². The predicted molar refractivity (Wildman–Crippen MR) is 231 cm³/mol. The molecule has 8 rings (SSSR count). The van der Waals surface area contributed by atoms with Crippen molar-refractivity contribution in [2.45, 2.75) is 13.8 Å². The van der Waals surface area contributed by atoms with E-state index < -0.39 is 7.26 Å². The van der Waals surface area contributed by atoms with E-state index in [0.717, 1.165) is 36.0 Å². The van der Waals surface area contributed by atoms with Gasteiger partial charge in [-0.1, -0.05) is 6.08 Å². The van der Waals surface area contributed by atoms with Gasteiger partial charge in [0.05, 0.1) is 0 Å². The van der Waals surface area contributed by atoms with E-state index in [-0.39, 0.29) is 11.8 Å². The summed E-state index contributed by atoms with van der Waals surface area (Å²) in [6.45, 7) is 5.12. The van der Waals surface area contributed by atoms with Gasteiger partial charge in [-0.05, 0) is 19.1 Å². The third-order valence-electron chi connectivity index (χ3n) is 10.4. The molecule has 279 valence electrons. The number of carbonyl (C=O) groups is 2. The minimum atomic E-state index is -2.56. The molecule has 2 amide bonds. The molecule has 3 aliphatic rings. The number of thiophene rings is 2. The molecule has 0 radical (unpaired) electrons. The first-order chi connectivity index (χ1) is 27.3. The zero-order valence-corrected chi connectivity index (χ0v) is 36.5. The molecule has 5 nitrogen and oxygen atoms in total. The van der Waals surface area contributed by atoms with Crippen LogP contribution in [0.5, 0.6) is 0 Å². The zero-order chi connectivity index (χ0) is 39.0. The summed E-state index contributed by atoms with van der Waals surface area (Å²) < 4.78 is 9.86. The minimum absolute atomic E-state index is 0.170. The Kier molecular flexibility index (Phi) is 10.9. The molecule has 9 heteroatoms. The quantitative estimate of drug-likeness (QED) is 0.139. The van der Waals surface area contributed by atoms with Crippen LogP contribution in [0.15, 0.2) is 161 Å². The summed E-state index contributed by atoms with van der Waals surface area (Å²) in [4.78, 5) is 35.5. The van der Waals surface area contributed by atoms with Crippen LogP contribution in [-0.4, -0.2) is 48.9 Å². The molecule has 0 saturated carbocycles. The fraction of sp³-hybridized carbons (Fsp3) is 0.128. The van der Waals surface area contributed by atoms with Gasteiger partial charge >= 0.3 is 319 Å². The van der Waals surface area contributed by atoms with E-state index >= 15 is 0 Å². The van der Waals surface area contributed by atoms with Gasteiger partial charge in [0.25, 0.3) is 0 Å². The normalized spacial score (nSPS) is 17.9. The van der Waals surface area contributed by atoms with Crippen LogP contribution in [0.1, 0.15) is 33.4 Å². The first-order valence-corrected chi connectivity index (χ1v) is 23.0. The van der Waals surface area contributed by atoms with Gasteiger partial charge in [-0.15, -0.1) is 0 Å². The summed E-state index contributed by atoms with van der Waals surface area (Å²) >= 11 is 4.95. The van der Waals surface area contributed by atoms with Crippen LogP contribution in [-0.2, 0) is 32.3 Å². The fourth-order valence-corrected chi connectivity index (χ4v) is 15.9. The Morgan fingerprint density at radius 3 is 1.70 bits per heavy atom. The molecule has 5 heterocycles. The first kappa shape index (κ1) is 38.1. The van der Waals surface area contributed by atoms with Gasteiger partial charge < -0.3 is 0 Å². The fourth-order valence-electron chi connectivity index (χ4n) is 7.81. The van der Waals surface area contributed by atoms with Gasteiger partial charge in [-0.25, -0.2) is 0 Å². The number of hydrogen-bond acceptors (Lipinski definition) is 5. The molecule has 5 aromatic rings. The van der Waals surface area contributed by atoms with E-state index in [1.807, 2.05) is 31.2 Å². The number of likely N-dealkylation sites (N-methyl/N-ethyl adjacent to an activating group) is 2. The number of rotatable bonds is 9. The maximum atomic E-state index is 14.2. The molecule has 1 saturated heterocycles. The van der Waals surface area contributed by atoms with Gasteiger partial charge in [0.15, 0.2) is 0 Å². The van der Waals surface area contributed by atoms with E-state index in [1.54, 1.807) is 64.5 Å². The van der Waals surface area contributed by atoms with Crippen molar-refractivity contribution in [3.63, 3.8) is 0 Å². The zero-order valence-electron chi connectivity index (χ0n) is 31.4. The second-order valence-corrected chi connectivity index (χ2v) is 19.7. The van der Waals surface area contributed by atoms with Crippen molar-refractivity contribution < 1.29 is 32.3 Å². The van der Waals surface area contributed by atoms with E-state index in [4.69, 9.17) is 4.74 Å². The van der Waals surface area contributed by atoms with Crippen molar-refractivity contribution in [1.82, 2.24) is 9.80 Å². The predicted octanol–water partition coefficient (Wildman–Crippen LogP) is 9.02. The number of nitrogens with zero attached hydrogens (tertiary/aromatic N) is 2. The molecule has 56 heavy (non-hydrogen) atoms. The summed E-state index contributed by atoms with van der Waals surface area (Å²) in [5.41, 5.74) is 5.60. The second kappa shape index (κ2) is 16.0. The van der Waals surface area contributed by atoms with Crippen molar-refractivity contribution >= 4 is 80.7 Å². The Balaban J connectivity index is 1.41. The molecule has 1 fully saturated rings. The van der Waals surface area contributed by atoms with Crippen molar-refractivity contribution in [2.75, 3.05) is 27.3 Å². The van der Waals surface area contributed by atoms with Gasteiger partial charge in [-0.2, -0.15) is 0 Å². The first-order valence-electron chi connectivity index (χ1n) is 18.3. The number of fused-ring (bicyclic) bond motifs is 1. The van der Waals surface area contributed by atoms with Gasteiger partial charge in [0.2, 0.25) is 0 Å². The molecule has 0 unspecified atom stereocenters. The molecule has 0 aliphatic carbocycles. The van der Waals surface area contributed by atoms with Crippen LogP contribution in [0.2, 0.25) is 0 Å². The van der Waals surface area contributed by atoms with Crippen molar-refractivity contribution in [3.05, 3.63) is 181 Å². The number of ether oxygens (including phenoxy) is 1. The summed E-state index contributed by atoms with van der Waals surface area (Å²) in [6, 6.07) is 40.8. The van der Waals surface area contributed by atoms with E-state index in [9.17, 15) is 9.59 Å². The van der Waals surface area contributed by atoms with Crippen LogP contribution in [0.4, 0.5) is 0 Å². The second-order valence-electron chi connectivity index (χ2n) is 13.5. The third-order valence-corrected chi connectivity index (χ3v) is 18.0. The molecule has 2 aromatic heterocycles. The Hall–Kier alpha value is -4.75. The summed E-state index contributed by atoms with van der Waals surface area (Å²) in [6.07, 6.45) is 8.47. The van der Waals surface area contributed by atoms with Crippen molar-refractivity contribution in [1.29, 1.82) is 0 Å². The van der Waals surface area contributed by atoms with Crippen LogP contribution >= 0.6 is 29.9 Å². The van der Waals surface area contributed by atoms with E-state index in [0.29, 0.717) is 35.8 Å². The Morgan fingerprint density at radius 1 is 0.696 bits per heavy atom. The Labute approximate surface area is 346 Å². The van der Waals surface area contributed by atoms with Crippen LogP contribution < -0.4 is 15.9 Å². The number of amides is 2. The Bertz CT molecular complexity index is 2510. The Morgan fingerprint density at radius 2 is 1.20 bits per heavy atom. The topological polar surface area (TPSA) is 49.9 Å². The average molecular weight is 965 g/mol. The third kappa shape index (κ3) is 6.36. The van der Waals surface area contributed by atoms with Crippen molar-refractivity contribution in [2.24, 2.45) is 0 Å². The number of hydrogen-bond donors (Lipinski definition) is 0. The number of allylic oxidation sites excluding steroid dienone is 5. The molecule has 0 N–H and O–H groups in total. The maximum absolute atomic E-state index is 14.2. The van der Waals surface area contributed by atoms with Crippen LogP contribution in [0.3, 0.4) is 0 Å². The van der Waals surface area contributed by atoms with Crippen LogP contribution in [0.25, 0.3) is 23.0 Å². The molecular formula is C47H39N2O3OsPS2+. The standard InChI is InChI=1S/C47H39N2O3PS2.Os/c1-6-17-37-24-25-40(54-37)44-42-43(47(51)48(44)4)45(49(5)46(42)50)41-27-26-39(55-41)38(28-33-30-52-29-32(33)7-2)31(3)53(34-18-11-8-12-19-34,35-20-13-9-14-21-35)36-22-15-10-16-23-36;/h6-28H,29-30H2,1-2,4-5H3;/q+1;/b17-6+,32-7?,33-28?,38-31?;. The SMILES string of the molecule is CC=C1COCC1=CC(=C([C]#[Os])[P+](c1ccccc1)(c1ccccc1)c1ccccc1)c1ccc(C2=C3C(=O)N(C)C(c4ccc(/C=C/C)s4)=C3C(=O)N2C)s1. The molecule has 0 bridgehead atoms. The average Bonchev–Trinajstić information content (AvgIpc) is 4.08. The number of carbonyl (C=O) groups excluding carboxylic acids is 2. The van der Waals surface area contributed by atoms with E-state index in [1.165, 1.54) is 21.5 Å². The van der Waals surface area contributed by atoms with Gasteiger partial charge in [-0.3, -0.25) is 0 Å². The molecular weight excluding hydrogens is 926 g/mol. The van der Waals surface area contributed by atoms with Crippen molar-refractivity contribution in [3.8, 4) is 4.37 Å². The molecule has 0 atom stereocenters. The summed E-state index contributed by atoms with van der Waals surface area (Å²) in [7, 11) is 0.990. The number of benzene rings is 3. The molecule has 3 aromatic carbocycles. The molecule has 0 spiro atoms. The summed E-state index contributed by atoms with van der Waals surface area (Å²) in [5.74, 6) is -0.340. The van der Waals surface area contributed by atoms with E-state index in [2.05, 4.69) is 127 Å². The van der Waals surface area contributed by atoms with Crippen LogP contribution in [0, 0.1) is 4.37 Å². The summed E-state index contributed by atoms with van der Waals surface area (Å²) in [5, 5.41) is 4.80. The molecule has 3 aliphatic heterocycles. The monoisotopic (exact) mass is 966 g/mol. The van der Waals surface area contributed by atoms with Gasteiger partial charge in [0.1, 0.15) is 0 Å².